The van der Waals surface area contributed by atoms with E-state index >= 15 is 0 Å². The predicted molar refractivity (Wildman–Crippen MR) is 93.2 cm³/mol. The van der Waals surface area contributed by atoms with Crippen molar-refractivity contribution < 1.29 is 23.1 Å². The van der Waals surface area contributed by atoms with Crippen LogP contribution < -0.4 is 10.2 Å². The van der Waals surface area contributed by atoms with Crippen LogP contribution in [0.3, 0.4) is 0 Å². The molecule has 0 spiro atoms. The Bertz CT molecular complexity index is 783. The largest absolute Gasteiger partial charge is 0.433 e. The van der Waals surface area contributed by atoms with Gasteiger partial charge in [-0.15, -0.1) is 0 Å². The summed E-state index contributed by atoms with van der Waals surface area (Å²) in [4.78, 5) is 21.4. The highest BCUT2D eigenvalue weighted by Crippen LogP contribution is 2.29. The van der Waals surface area contributed by atoms with Crippen molar-refractivity contribution in [3.63, 3.8) is 0 Å². The van der Waals surface area contributed by atoms with Crippen LogP contribution in [0, 0.1) is 5.92 Å². The summed E-state index contributed by atoms with van der Waals surface area (Å²) in [5, 5.41) is 17.0. The van der Waals surface area contributed by atoms with Crippen LogP contribution in [-0.2, 0) is 17.5 Å². The maximum Gasteiger partial charge on any atom is 0.433 e. The first-order valence-corrected chi connectivity index (χ1v) is 8.93. The standard InChI is InChI=1S/C17H21F3N6O2/c18-17(19,20)14-3-7-22-16(24-14)25-10-4-13(27)12(11-25)15(28)21-5-1-8-26-9-2-6-23-26/h2-3,6-7,9,12-13,27H,1,4-5,8,10-11H2,(H,21,28)/t12-,13+/m0/s1. The minimum absolute atomic E-state index is 0.0491. The predicted octanol–water partition coefficient (Wildman–Crippen LogP) is 1.09. The lowest BCUT2D eigenvalue weighted by atomic mass is 9.94. The van der Waals surface area contributed by atoms with Gasteiger partial charge in [-0.3, -0.25) is 9.48 Å². The maximum atomic E-state index is 12.9. The number of aromatic nitrogens is 4. The summed E-state index contributed by atoms with van der Waals surface area (Å²) < 4.78 is 40.3. The number of aryl methyl sites for hydroxylation is 1. The van der Waals surface area contributed by atoms with Gasteiger partial charge >= 0.3 is 6.18 Å². The lowest BCUT2D eigenvalue weighted by molar-refractivity contribution is -0.141. The fourth-order valence-corrected chi connectivity index (χ4v) is 3.05. The molecule has 0 aromatic carbocycles. The van der Waals surface area contributed by atoms with E-state index in [-0.39, 0.29) is 31.4 Å². The molecule has 3 rings (SSSR count). The fourth-order valence-electron chi connectivity index (χ4n) is 3.05. The van der Waals surface area contributed by atoms with E-state index in [4.69, 9.17) is 0 Å². The number of carbonyl (C=O) groups excluding carboxylic acids is 1. The number of halogens is 3. The highest BCUT2D eigenvalue weighted by Gasteiger charge is 2.36. The van der Waals surface area contributed by atoms with Gasteiger partial charge < -0.3 is 15.3 Å². The van der Waals surface area contributed by atoms with Crippen LogP contribution in [0.1, 0.15) is 18.5 Å². The molecule has 28 heavy (non-hydrogen) atoms. The zero-order valence-corrected chi connectivity index (χ0v) is 15.0. The van der Waals surface area contributed by atoms with Crippen LogP contribution in [-0.4, -0.2) is 56.5 Å². The van der Waals surface area contributed by atoms with Gasteiger partial charge in [-0.25, -0.2) is 9.97 Å². The van der Waals surface area contributed by atoms with Crippen molar-refractivity contribution in [3.8, 4) is 0 Å². The molecular formula is C17H21F3N6O2. The molecule has 0 aliphatic carbocycles. The molecule has 1 aliphatic heterocycles. The molecule has 152 valence electrons. The van der Waals surface area contributed by atoms with E-state index in [1.807, 2.05) is 6.20 Å². The zero-order chi connectivity index (χ0) is 20.1. The first-order chi connectivity index (χ1) is 13.3. The van der Waals surface area contributed by atoms with E-state index in [1.165, 1.54) is 4.90 Å². The van der Waals surface area contributed by atoms with Gasteiger partial charge in [-0.1, -0.05) is 0 Å². The summed E-state index contributed by atoms with van der Waals surface area (Å²) >= 11 is 0. The van der Waals surface area contributed by atoms with E-state index in [1.54, 1.807) is 16.9 Å². The number of piperidine rings is 1. The van der Waals surface area contributed by atoms with Crippen LogP contribution >= 0.6 is 0 Å². The van der Waals surface area contributed by atoms with Gasteiger partial charge in [-0.2, -0.15) is 18.3 Å². The third-order valence-electron chi connectivity index (χ3n) is 4.55. The molecule has 1 amide bonds. The lowest BCUT2D eigenvalue weighted by Crippen LogP contribution is -2.50. The molecule has 0 bridgehead atoms. The molecule has 2 N–H and O–H groups in total. The second kappa shape index (κ2) is 8.55. The van der Waals surface area contributed by atoms with E-state index < -0.39 is 23.9 Å². The Kier molecular flexibility index (Phi) is 6.12. The highest BCUT2D eigenvalue weighted by atomic mass is 19.4. The first-order valence-electron chi connectivity index (χ1n) is 8.93. The summed E-state index contributed by atoms with van der Waals surface area (Å²) in [7, 11) is 0. The zero-order valence-electron chi connectivity index (χ0n) is 15.0. The summed E-state index contributed by atoms with van der Waals surface area (Å²) in [6.07, 6.45) is -0.00472. The molecule has 2 atom stereocenters. The normalized spacial score (nSPS) is 20.2. The average molecular weight is 398 g/mol. The van der Waals surface area contributed by atoms with Gasteiger partial charge in [0.25, 0.3) is 0 Å². The Labute approximate surface area is 159 Å². The van der Waals surface area contributed by atoms with Crippen LogP contribution in [0.25, 0.3) is 0 Å². The SMILES string of the molecule is O=C(NCCCn1cccn1)[C@H]1CN(c2nccc(C(F)(F)F)n2)CC[C@H]1O. The molecule has 0 radical (unpaired) electrons. The van der Waals surface area contributed by atoms with Gasteiger partial charge in [-0.05, 0) is 25.0 Å². The first kappa shape index (κ1) is 20.1. The van der Waals surface area contributed by atoms with Crippen molar-refractivity contribution in [3.05, 3.63) is 36.4 Å². The van der Waals surface area contributed by atoms with E-state index in [2.05, 4.69) is 20.4 Å². The third-order valence-corrected chi connectivity index (χ3v) is 4.55. The number of anilines is 1. The van der Waals surface area contributed by atoms with Gasteiger partial charge in [0.05, 0.1) is 12.0 Å². The molecule has 1 saturated heterocycles. The molecule has 8 nitrogen and oxygen atoms in total. The summed E-state index contributed by atoms with van der Waals surface area (Å²) in [6.45, 7) is 1.37. The van der Waals surface area contributed by atoms with Crippen LogP contribution in [0.2, 0.25) is 0 Å². The number of amides is 1. The van der Waals surface area contributed by atoms with Gasteiger partial charge in [0.2, 0.25) is 11.9 Å². The van der Waals surface area contributed by atoms with Crippen LogP contribution in [0.4, 0.5) is 19.1 Å². The molecule has 2 aromatic heterocycles. The van der Waals surface area contributed by atoms with E-state index in [9.17, 15) is 23.1 Å². The Balaban J connectivity index is 1.57. The van der Waals surface area contributed by atoms with Crippen molar-refractivity contribution >= 4 is 11.9 Å². The number of hydrogen-bond acceptors (Lipinski definition) is 6. The minimum Gasteiger partial charge on any atom is -0.392 e. The van der Waals surface area contributed by atoms with Gasteiger partial charge in [0.15, 0.2) is 0 Å². The molecule has 1 aliphatic rings. The van der Waals surface area contributed by atoms with Crippen LogP contribution in [0.5, 0.6) is 0 Å². The Morgan fingerprint density at radius 2 is 2.18 bits per heavy atom. The molecule has 1 fully saturated rings. The molecule has 3 heterocycles. The summed E-state index contributed by atoms with van der Waals surface area (Å²) in [5.41, 5.74) is -1.04. The number of hydrogen-bond donors (Lipinski definition) is 2. The minimum atomic E-state index is -4.57. The lowest BCUT2D eigenvalue weighted by Gasteiger charge is -2.35. The average Bonchev–Trinajstić information content (AvgIpc) is 3.18. The topological polar surface area (TPSA) is 96.2 Å². The molecule has 11 heteroatoms. The molecular weight excluding hydrogens is 377 g/mol. The monoisotopic (exact) mass is 398 g/mol. The Morgan fingerprint density at radius 1 is 1.36 bits per heavy atom. The second-order valence-electron chi connectivity index (χ2n) is 6.56. The van der Waals surface area contributed by atoms with Crippen LogP contribution in [0.15, 0.2) is 30.7 Å². The van der Waals surface area contributed by atoms with Crippen molar-refractivity contribution in [1.82, 2.24) is 25.1 Å². The Hall–Kier alpha value is -2.69. The summed E-state index contributed by atoms with van der Waals surface area (Å²) in [5.74, 6) is -1.21. The second-order valence-corrected chi connectivity index (χ2v) is 6.56. The number of nitrogens with zero attached hydrogens (tertiary/aromatic N) is 5. The number of nitrogens with one attached hydrogen (secondary N) is 1. The maximum absolute atomic E-state index is 12.9. The number of alkyl halides is 3. The number of aliphatic hydroxyl groups is 1. The molecule has 0 unspecified atom stereocenters. The van der Waals surface area contributed by atoms with Crippen molar-refractivity contribution in [1.29, 1.82) is 0 Å². The summed E-state index contributed by atoms with van der Waals surface area (Å²) in [6, 6.07) is 2.60. The molecule has 2 aromatic rings. The number of rotatable bonds is 6. The van der Waals surface area contributed by atoms with Crippen molar-refractivity contribution in [2.45, 2.75) is 31.7 Å². The number of aliphatic hydroxyl groups excluding tert-OH is 1. The smallest absolute Gasteiger partial charge is 0.392 e. The number of carbonyl (C=O) groups is 1. The van der Waals surface area contributed by atoms with Gasteiger partial charge in [0, 0.05) is 44.8 Å². The third kappa shape index (κ3) is 4.97. The fraction of sp³-hybridized carbons (Fsp3) is 0.529. The Morgan fingerprint density at radius 3 is 2.89 bits per heavy atom. The highest BCUT2D eigenvalue weighted by molar-refractivity contribution is 5.80. The van der Waals surface area contributed by atoms with E-state index in [0.717, 1.165) is 12.3 Å². The van der Waals surface area contributed by atoms with E-state index in [0.29, 0.717) is 19.5 Å². The van der Waals surface area contributed by atoms with Crippen molar-refractivity contribution in [2.24, 2.45) is 5.92 Å². The van der Waals surface area contributed by atoms with Crippen molar-refractivity contribution in [2.75, 3.05) is 24.5 Å². The van der Waals surface area contributed by atoms with Gasteiger partial charge in [0.1, 0.15) is 5.69 Å². The molecule has 0 saturated carbocycles. The quantitative estimate of drug-likeness (QED) is 0.707.